The summed E-state index contributed by atoms with van der Waals surface area (Å²) in [5.41, 5.74) is 4.97. The van der Waals surface area contributed by atoms with E-state index in [2.05, 4.69) is 10.6 Å². The van der Waals surface area contributed by atoms with E-state index < -0.39 is 5.91 Å². The molecule has 24 heavy (non-hydrogen) atoms. The van der Waals surface area contributed by atoms with Gasteiger partial charge < -0.3 is 10.6 Å². The molecule has 2 aromatic rings. The zero-order chi connectivity index (χ0) is 17.5. The van der Waals surface area contributed by atoms with Gasteiger partial charge in [-0.05, 0) is 37.1 Å². The van der Waals surface area contributed by atoms with Gasteiger partial charge in [0.2, 0.25) is 0 Å². The number of aryl methyl sites for hydroxylation is 1. The summed E-state index contributed by atoms with van der Waals surface area (Å²) in [6.07, 6.45) is 0. The van der Waals surface area contributed by atoms with E-state index in [1.807, 2.05) is 38.1 Å². The third kappa shape index (κ3) is 4.82. The van der Waals surface area contributed by atoms with Gasteiger partial charge >= 0.3 is 6.03 Å². The van der Waals surface area contributed by atoms with Gasteiger partial charge in [-0.3, -0.25) is 10.0 Å². The van der Waals surface area contributed by atoms with Crippen LogP contribution in [0.1, 0.15) is 40.0 Å². The van der Waals surface area contributed by atoms with Gasteiger partial charge in [-0.2, -0.15) is 0 Å². The highest BCUT2D eigenvalue weighted by Gasteiger charge is 2.10. The quantitative estimate of drug-likeness (QED) is 0.503. The van der Waals surface area contributed by atoms with Crippen molar-refractivity contribution in [2.75, 3.05) is 0 Å². The van der Waals surface area contributed by atoms with E-state index >= 15 is 0 Å². The smallest absolute Gasteiger partial charge is 0.315 e. The second kappa shape index (κ2) is 8.12. The standard InChI is InChI=1S/C18H21N3O3/c1-12-4-3-5-14(10-12)11-19-18(23)20-13(2)15-6-8-16(9-7-15)17(22)21-24/h3-10,13,24H,11H2,1-2H3,(H,21,22)(H2,19,20,23). The van der Waals surface area contributed by atoms with Crippen molar-refractivity contribution in [3.05, 3.63) is 70.8 Å². The van der Waals surface area contributed by atoms with E-state index in [1.54, 1.807) is 29.7 Å². The lowest BCUT2D eigenvalue weighted by Gasteiger charge is -2.15. The summed E-state index contributed by atoms with van der Waals surface area (Å²) >= 11 is 0. The third-order valence-corrected chi connectivity index (χ3v) is 3.66. The topological polar surface area (TPSA) is 90.5 Å². The fraction of sp³-hybridized carbons (Fsp3) is 0.222. The molecule has 1 atom stereocenters. The van der Waals surface area contributed by atoms with E-state index in [9.17, 15) is 9.59 Å². The maximum atomic E-state index is 12.0. The van der Waals surface area contributed by atoms with Gasteiger partial charge in [0.1, 0.15) is 0 Å². The Bertz CT molecular complexity index is 714. The van der Waals surface area contributed by atoms with Crippen molar-refractivity contribution in [3.63, 3.8) is 0 Å². The molecule has 0 aliphatic rings. The predicted octanol–water partition coefficient (Wildman–Crippen LogP) is 2.67. The lowest BCUT2D eigenvalue weighted by atomic mass is 10.1. The summed E-state index contributed by atoms with van der Waals surface area (Å²) in [5.74, 6) is -0.571. The molecule has 0 saturated carbocycles. The average molecular weight is 327 g/mol. The minimum absolute atomic E-state index is 0.214. The Labute approximate surface area is 140 Å². The van der Waals surface area contributed by atoms with Crippen molar-refractivity contribution in [1.29, 1.82) is 0 Å². The molecule has 0 bridgehead atoms. The van der Waals surface area contributed by atoms with E-state index in [0.717, 1.165) is 16.7 Å². The maximum Gasteiger partial charge on any atom is 0.315 e. The highest BCUT2D eigenvalue weighted by atomic mass is 16.5. The van der Waals surface area contributed by atoms with E-state index in [1.165, 1.54) is 0 Å². The lowest BCUT2D eigenvalue weighted by molar-refractivity contribution is 0.0706. The molecule has 6 nitrogen and oxygen atoms in total. The number of rotatable bonds is 5. The molecule has 4 N–H and O–H groups in total. The van der Waals surface area contributed by atoms with Crippen molar-refractivity contribution in [2.24, 2.45) is 0 Å². The van der Waals surface area contributed by atoms with Gasteiger partial charge in [0, 0.05) is 12.1 Å². The summed E-state index contributed by atoms with van der Waals surface area (Å²) in [6, 6.07) is 14.1. The van der Waals surface area contributed by atoms with E-state index in [4.69, 9.17) is 5.21 Å². The first-order chi connectivity index (χ1) is 11.5. The maximum absolute atomic E-state index is 12.0. The molecule has 0 aliphatic carbocycles. The molecule has 0 aromatic heterocycles. The van der Waals surface area contributed by atoms with Crippen LogP contribution in [0, 0.1) is 6.92 Å². The number of benzene rings is 2. The number of hydrogen-bond donors (Lipinski definition) is 4. The molecule has 0 aliphatic heterocycles. The van der Waals surface area contributed by atoms with Crippen LogP contribution in [0.25, 0.3) is 0 Å². The molecule has 1 unspecified atom stereocenters. The first-order valence-electron chi connectivity index (χ1n) is 7.64. The molecule has 2 rings (SSSR count). The minimum atomic E-state index is -0.571. The summed E-state index contributed by atoms with van der Waals surface area (Å²) in [4.78, 5) is 23.3. The molecule has 2 aromatic carbocycles. The van der Waals surface area contributed by atoms with Crippen LogP contribution >= 0.6 is 0 Å². The van der Waals surface area contributed by atoms with E-state index in [-0.39, 0.29) is 12.1 Å². The number of hydroxylamine groups is 1. The average Bonchev–Trinajstić information content (AvgIpc) is 2.59. The second-order valence-corrected chi connectivity index (χ2v) is 5.60. The monoisotopic (exact) mass is 327 g/mol. The molecular weight excluding hydrogens is 306 g/mol. The highest BCUT2D eigenvalue weighted by molar-refractivity contribution is 5.93. The molecule has 0 fully saturated rings. The van der Waals surface area contributed by atoms with Gasteiger partial charge in [-0.1, -0.05) is 42.0 Å². The van der Waals surface area contributed by atoms with Gasteiger partial charge in [0.15, 0.2) is 0 Å². The summed E-state index contributed by atoms with van der Waals surface area (Å²) in [7, 11) is 0. The summed E-state index contributed by atoms with van der Waals surface area (Å²) < 4.78 is 0. The van der Waals surface area contributed by atoms with Crippen LogP contribution in [0.3, 0.4) is 0 Å². The molecule has 3 amide bonds. The van der Waals surface area contributed by atoms with Gasteiger partial charge in [0.05, 0.1) is 6.04 Å². The number of carbonyl (C=O) groups excluding carboxylic acids is 2. The molecule has 0 radical (unpaired) electrons. The Morgan fingerprint density at radius 3 is 2.46 bits per heavy atom. The first kappa shape index (κ1) is 17.5. The predicted molar refractivity (Wildman–Crippen MR) is 90.7 cm³/mol. The molecule has 0 spiro atoms. The summed E-state index contributed by atoms with van der Waals surface area (Å²) in [5, 5.41) is 14.3. The Morgan fingerprint density at radius 1 is 1.12 bits per heavy atom. The highest BCUT2D eigenvalue weighted by Crippen LogP contribution is 2.13. The van der Waals surface area contributed by atoms with Crippen molar-refractivity contribution in [3.8, 4) is 0 Å². The minimum Gasteiger partial charge on any atom is -0.334 e. The summed E-state index contributed by atoms with van der Waals surface area (Å²) in [6.45, 7) is 4.32. The Kier molecular flexibility index (Phi) is 5.92. The van der Waals surface area contributed by atoms with Crippen LogP contribution < -0.4 is 16.1 Å². The van der Waals surface area contributed by atoms with Crippen LogP contribution in [-0.4, -0.2) is 17.1 Å². The normalized spacial score (nSPS) is 11.5. The second-order valence-electron chi connectivity index (χ2n) is 5.60. The van der Waals surface area contributed by atoms with E-state index in [0.29, 0.717) is 12.1 Å². The number of hydrogen-bond acceptors (Lipinski definition) is 3. The van der Waals surface area contributed by atoms with Crippen molar-refractivity contribution in [1.82, 2.24) is 16.1 Å². The molecular formula is C18H21N3O3. The van der Waals surface area contributed by atoms with Crippen LogP contribution in [0.15, 0.2) is 48.5 Å². The van der Waals surface area contributed by atoms with Crippen molar-refractivity contribution in [2.45, 2.75) is 26.4 Å². The Balaban J connectivity index is 1.88. The zero-order valence-electron chi connectivity index (χ0n) is 13.7. The SMILES string of the molecule is Cc1cccc(CNC(=O)NC(C)c2ccc(C(=O)NO)cc2)c1. The fourth-order valence-corrected chi connectivity index (χ4v) is 2.32. The molecule has 6 heteroatoms. The third-order valence-electron chi connectivity index (χ3n) is 3.66. The van der Waals surface area contributed by atoms with Crippen LogP contribution in [0.5, 0.6) is 0 Å². The van der Waals surface area contributed by atoms with Crippen molar-refractivity contribution >= 4 is 11.9 Å². The fourth-order valence-electron chi connectivity index (χ4n) is 2.32. The molecule has 126 valence electrons. The number of carbonyl (C=O) groups is 2. The largest absolute Gasteiger partial charge is 0.334 e. The number of nitrogens with one attached hydrogen (secondary N) is 3. The number of amides is 3. The van der Waals surface area contributed by atoms with Gasteiger partial charge in [0.25, 0.3) is 5.91 Å². The Hall–Kier alpha value is -2.86. The van der Waals surface area contributed by atoms with Crippen LogP contribution in [0.4, 0.5) is 4.79 Å². The van der Waals surface area contributed by atoms with Crippen LogP contribution in [-0.2, 0) is 6.54 Å². The Morgan fingerprint density at radius 2 is 1.83 bits per heavy atom. The first-order valence-corrected chi connectivity index (χ1v) is 7.64. The van der Waals surface area contributed by atoms with Crippen LogP contribution in [0.2, 0.25) is 0 Å². The lowest BCUT2D eigenvalue weighted by Crippen LogP contribution is -2.36. The van der Waals surface area contributed by atoms with Gasteiger partial charge in [-0.15, -0.1) is 0 Å². The number of urea groups is 1. The van der Waals surface area contributed by atoms with Crippen molar-refractivity contribution < 1.29 is 14.8 Å². The zero-order valence-corrected chi connectivity index (χ0v) is 13.7. The molecule has 0 heterocycles. The van der Waals surface area contributed by atoms with Gasteiger partial charge in [-0.25, -0.2) is 10.3 Å². The molecule has 0 saturated heterocycles.